The van der Waals surface area contributed by atoms with Crippen LogP contribution in [0.4, 0.5) is 4.39 Å². The minimum Gasteiger partial charge on any atom is -0.490 e. The second kappa shape index (κ2) is 6.05. The molecule has 0 unspecified atom stereocenters. The Morgan fingerprint density at radius 1 is 1.35 bits per heavy atom. The van der Waals surface area contributed by atoms with Gasteiger partial charge in [-0.25, -0.2) is 4.39 Å². The lowest BCUT2D eigenvalue weighted by molar-refractivity contribution is 0.241. The summed E-state index contributed by atoms with van der Waals surface area (Å²) >= 11 is 8.99. The lowest BCUT2D eigenvalue weighted by Crippen LogP contribution is -2.09. The first-order valence-electron chi connectivity index (χ1n) is 5.88. The molecule has 0 N–H and O–H groups in total. The van der Waals surface area contributed by atoms with Crippen molar-refractivity contribution >= 4 is 27.5 Å². The third-order valence-electron chi connectivity index (χ3n) is 3.23. The van der Waals surface area contributed by atoms with Crippen molar-refractivity contribution in [2.45, 2.75) is 31.6 Å². The zero-order valence-corrected chi connectivity index (χ0v) is 11.9. The molecule has 0 radical (unpaired) electrons. The van der Waals surface area contributed by atoms with E-state index in [9.17, 15) is 4.39 Å². The van der Waals surface area contributed by atoms with E-state index in [1.807, 2.05) is 0 Å². The van der Waals surface area contributed by atoms with Crippen LogP contribution in [0.15, 0.2) is 16.6 Å². The maximum absolute atomic E-state index is 14.0. The molecule has 94 valence electrons. The highest BCUT2D eigenvalue weighted by molar-refractivity contribution is 9.10. The van der Waals surface area contributed by atoms with Crippen molar-refractivity contribution in [1.29, 1.82) is 0 Å². The second-order valence-electron chi connectivity index (χ2n) is 4.43. The molecule has 0 atom stereocenters. The van der Waals surface area contributed by atoms with Gasteiger partial charge in [-0.3, -0.25) is 0 Å². The summed E-state index contributed by atoms with van der Waals surface area (Å²) in [6, 6.07) is 3.44. The molecule has 1 aromatic rings. The molecule has 0 aromatic heterocycles. The molecule has 0 spiro atoms. The number of rotatable bonds is 4. The van der Waals surface area contributed by atoms with Crippen LogP contribution in [0.1, 0.15) is 31.2 Å². The van der Waals surface area contributed by atoms with Gasteiger partial charge in [-0.2, -0.15) is 0 Å². The molecule has 1 aliphatic carbocycles. The summed E-state index contributed by atoms with van der Waals surface area (Å²) in [5.41, 5.74) is 0.468. The van der Waals surface area contributed by atoms with Crippen molar-refractivity contribution in [2.75, 3.05) is 6.61 Å². The first-order valence-corrected chi connectivity index (χ1v) is 7.20. The van der Waals surface area contributed by atoms with E-state index in [1.165, 1.54) is 25.7 Å². The fraction of sp³-hybridized carbons (Fsp3) is 0.538. The fourth-order valence-corrected chi connectivity index (χ4v) is 3.06. The molecule has 0 heterocycles. The topological polar surface area (TPSA) is 9.23 Å². The van der Waals surface area contributed by atoms with Crippen molar-refractivity contribution in [3.05, 3.63) is 28.0 Å². The summed E-state index contributed by atoms with van der Waals surface area (Å²) < 4.78 is 20.2. The van der Waals surface area contributed by atoms with Crippen molar-refractivity contribution in [1.82, 2.24) is 0 Å². The van der Waals surface area contributed by atoms with E-state index >= 15 is 0 Å². The normalized spacial score (nSPS) is 16.4. The predicted molar refractivity (Wildman–Crippen MR) is 71.1 cm³/mol. The highest BCUT2D eigenvalue weighted by Crippen LogP contribution is 2.30. The monoisotopic (exact) mass is 320 g/mol. The van der Waals surface area contributed by atoms with Crippen molar-refractivity contribution < 1.29 is 9.13 Å². The van der Waals surface area contributed by atoms with Gasteiger partial charge in [0.1, 0.15) is 0 Å². The molecule has 2 rings (SSSR count). The van der Waals surface area contributed by atoms with E-state index in [2.05, 4.69) is 15.9 Å². The van der Waals surface area contributed by atoms with E-state index in [1.54, 1.807) is 12.1 Å². The molecular formula is C13H15BrClFO. The van der Waals surface area contributed by atoms with E-state index in [-0.39, 0.29) is 11.7 Å². The Kier molecular flexibility index (Phi) is 4.69. The second-order valence-corrected chi connectivity index (χ2v) is 5.55. The molecule has 1 aromatic carbocycles. The maximum Gasteiger partial charge on any atom is 0.170 e. The van der Waals surface area contributed by atoms with E-state index < -0.39 is 0 Å². The van der Waals surface area contributed by atoms with Crippen LogP contribution in [-0.2, 0) is 5.88 Å². The number of ether oxygens (including phenoxy) is 1. The van der Waals surface area contributed by atoms with Gasteiger partial charge < -0.3 is 4.74 Å². The number of alkyl halides is 1. The molecule has 1 nitrogen and oxygen atoms in total. The van der Waals surface area contributed by atoms with E-state index in [0.29, 0.717) is 28.3 Å². The van der Waals surface area contributed by atoms with Gasteiger partial charge in [-0.1, -0.05) is 28.8 Å². The maximum atomic E-state index is 14.0. The summed E-state index contributed by atoms with van der Waals surface area (Å²) in [5, 5.41) is 0. The van der Waals surface area contributed by atoms with Gasteiger partial charge in [0.2, 0.25) is 0 Å². The lowest BCUT2D eigenvalue weighted by atomic mass is 10.1. The summed E-state index contributed by atoms with van der Waals surface area (Å²) in [5.74, 6) is 0.702. The van der Waals surface area contributed by atoms with Gasteiger partial charge in [0.15, 0.2) is 11.6 Å². The number of halogens is 3. The third kappa shape index (κ3) is 3.14. The highest BCUT2D eigenvalue weighted by atomic mass is 79.9. The Hall–Kier alpha value is -0.280. The largest absolute Gasteiger partial charge is 0.490 e. The van der Waals surface area contributed by atoms with Crippen LogP contribution >= 0.6 is 27.5 Å². The van der Waals surface area contributed by atoms with Crippen molar-refractivity contribution in [3.63, 3.8) is 0 Å². The molecule has 0 saturated heterocycles. The van der Waals surface area contributed by atoms with Crippen LogP contribution in [0.5, 0.6) is 5.75 Å². The Morgan fingerprint density at radius 2 is 2.06 bits per heavy atom. The molecule has 0 bridgehead atoms. The Bertz CT molecular complexity index is 391. The Labute approximate surface area is 114 Å². The fourth-order valence-electron chi connectivity index (χ4n) is 2.19. The summed E-state index contributed by atoms with van der Waals surface area (Å²) in [6.45, 7) is 0.611. The summed E-state index contributed by atoms with van der Waals surface area (Å²) in [7, 11) is 0. The van der Waals surface area contributed by atoms with Crippen LogP contribution in [0.2, 0.25) is 0 Å². The standard InChI is InChI=1S/C13H15BrClFO/c14-11-5-6-12(13(16)10(11)7-15)17-8-9-3-1-2-4-9/h5-6,9H,1-4,7-8H2. The molecule has 1 saturated carbocycles. The van der Waals surface area contributed by atoms with E-state index in [0.717, 1.165) is 0 Å². The van der Waals surface area contributed by atoms with Crippen molar-refractivity contribution in [2.24, 2.45) is 5.92 Å². The first kappa shape index (κ1) is 13.2. The minimum absolute atomic E-state index is 0.146. The zero-order valence-electron chi connectivity index (χ0n) is 9.52. The molecule has 1 fully saturated rings. The average molecular weight is 322 g/mol. The Morgan fingerprint density at radius 3 is 2.71 bits per heavy atom. The molecular weight excluding hydrogens is 306 g/mol. The minimum atomic E-state index is -0.340. The summed E-state index contributed by atoms with van der Waals surface area (Å²) in [6.07, 6.45) is 4.93. The van der Waals surface area contributed by atoms with Gasteiger partial charge in [0, 0.05) is 10.0 Å². The molecule has 0 aliphatic heterocycles. The highest BCUT2D eigenvalue weighted by Gasteiger charge is 2.17. The first-order chi connectivity index (χ1) is 8.22. The van der Waals surface area contributed by atoms with E-state index in [4.69, 9.17) is 16.3 Å². The smallest absolute Gasteiger partial charge is 0.170 e. The van der Waals surface area contributed by atoms with Gasteiger partial charge in [0.05, 0.1) is 12.5 Å². The molecule has 4 heteroatoms. The van der Waals surface area contributed by atoms with Crippen LogP contribution in [0.3, 0.4) is 0 Å². The van der Waals surface area contributed by atoms with Crippen molar-refractivity contribution in [3.8, 4) is 5.75 Å². The van der Waals surface area contributed by atoms with Crippen LogP contribution in [0.25, 0.3) is 0 Å². The van der Waals surface area contributed by atoms with Crippen LogP contribution < -0.4 is 4.74 Å². The summed E-state index contributed by atoms with van der Waals surface area (Å²) in [4.78, 5) is 0. The average Bonchev–Trinajstić information content (AvgIpc) is 2.82. The SMILES string of the molecule is Fc1c(OCC2CCCC2)ccc(Br)c1CCl. The molecule has 0 amide bonds. The van der Waals surface area contributed by atoms with Gasteiger partial charge in [-0.05, 0) is 30.9 Å². The number of hydrogen-bond donors (Lipinski definition) is 0. The quantitative estimate of drug-likeness (QED) is 0.717. The molecule has 17 heavy (non-hydrogen) atoms. The van der Waals surface area contributed by atoms with Gasteiger partial charge >= 0.3 is 0 Å². The van der Waals surface area contributed by atoms with Gasteiger partial charge in [-0.15, -0.1) is 11.6 Å². The van der Waals surface area contributed by atoms with Crippen LogP contribution in [-0.4, -0.2) is 6.61 Å². The zero-order chi connectivity index (χ0) is 12.3. The number of hydrogen-bond acceptors (Lipinski definition) is 1. The van der Waals surface area contributed by atoms with Gasteiger partial charge in [0.25, 0.3) is 0 Å². The number of benzene rings is 1. The Balaban J connectivity index is 2.05. The predicted octanol–water partition coefficient (Wildman–Crippen LogP) is 4.90. The van der Waals surface area contributed by atoms with Crippen LogP contribution in [0, 0.1) is 11.7 Å². The molecule has 1 aliphatic rings. The third-order valence-corrected chi connectivity index (χ3v) is 4.24. The lowest BCUT2D eigenvalue weighted by Gasteiger charge is -2.13.